The Hall–Kier alpha value is -4.34. The van der Waals surface area contributed by atoms with Crippen LogP contribution in [-0.2, 0) is 14.3 Å². The number of rotatable bonds is 4. The standard InChI is InChI=1S/C29H19ClFN3O4S/c1-2-38-28(37)22-23(15-6-4-3-5-7-15)33-29-34(24(22)16-8-11-18(31)12-9-16)27(36)25(39-29)21-19-14-17(30)10-13-20(19)32-26(21)35/h3-14,24H,2H2,1H3,(H,32,35)/b25-21-/t24-/m0/s1. The first-order valence-electron chi connectivity index (χ1n) is 12.0. The molecule has 0 aliphatic carbocycles. The third-order valence-corrected chi connectivity index (χ3v) is 7.78. The van der Waals surface area contributed by atoms with E-state index >= 15 is 0 Å². The fraction of sp³-hybridized carbons (Fsp3) is 0.103. The summed E-state index contributed by atoms with van der Waals surface area (Å²) in [5.41, 5.74) is 2.31. The number of hydrogen-bond acceptors (Lipinski definition) is 6. The average Bonchev–Trinajstić information content (AvgIpc) is 3.43. The molecule has 3 heterocycles. The van der Waals surface area contributed by atoms with Crippen LogP contribution in [0.1, 0.15) is 29.7 Å². The Kier molecular flexibility index (Phi) is 6.25. The summed E-state index contributed by atoms with van der Waals surface area (Å²) in [5.74, 6) is -1.55. The van der Waals surface area contributed by atoms with E-state index in [1.54, 1.807) is 37.3 Å². The molecule has 0 radical (unpaired) electrons. The Bertz CT molecular complexity index is 1880. The number of anilines is 1. The molecule has 39 heavy (non-hydrogen) atoms. The summed E-state index contributed by atoms with van der Waals surface area (Å²) in [6, 6.07) is 18.6. The van der Waals surface area contributed by atoms with Crippen LogP contribution in [-0.4, -0.2) is 23.1 Å². The first-order chi connectivity index (χ1) is 18.9. The minimum absolute atomic E-state index is 0.104. The Morgan fingerprint density at radius 3 is 2.56 bits per heavy atom. The van der Waals surface area contributed by atoms with E-state index in [1.807, 2.05) is 18.2 Å². The molecule has 4 aromatic rings. The Morgan fingerprint density at radius 1 is 1.10 bits per heavy atom. The van der Waals surface area contributed by atoms with Crippen LogP contribution in [0.5, 0.6) is 0 Å². The number of halogens is 2. The van der Waals surface area contributed by atoms with Gasteiger partial charge in [-0.05, 0) is 42.8 Å². The first kappa shape index (κ1) is 25.0. The van der Waals surface area contributed by atoms with Crippen LogP contribution < -0.4 is 20.2 Å². The normalized spacial score (nSPS) is 17.3. The highest BCUT2D eigenvalue weighted by atomic mass is 35.5. The number of carbonyl (C=O) groups excluding carboxylic acids is 2. The lowest BCUT2D eigenvalue weighted by atomic mass is 9.93. The van der Waals surface area contributed by atoms with Gasteiger partial charge >= 0.3 is 5.97 Å². The lowest BCUT2D eigenvalue weighted by Crippen LogP contribution is -2.40. The van der Waals surface area contributed by atoms with Crippen molar-refractivity contribution < 1.29 is 18.7 Å². The van der Waals surface area contributed by atoms with E-state index in [4.69, 9.17) is 21.3 Å². The molecule has 0 saturated carbocycles. The van der Waals surface area contributed by atoms with Crippen molar-refractivity contribution in [1.82, 2.24) is 4.57 Å². The number of hydrogen-bond donors (Lipinski definition) is 1. The number of ether oxygens (including phenoxy) is 1. The monoisotopic (exact) mass is 559 g/mol. The predicted molar refractivity (Wildman–Crippen MR) is 146 cm³/mol. The van der Waals surface area contributed by atoms with Gasteiger partial charge in [0, 0.05) is 21.8 Å². The summed E-state index contributed by atoms with van der Waals surface area (Å²) in [4.78, 5) is 45.6. The SMILES string of the molecule is CCOC(=O)C1=C(c2ccccc2)N=c2s/c(=C3\C(=O)Nc4ccc(Cl)cc43)c(=O)n2[C@H]1c1ccc(F)cc1. The van der Waals surface area contributed by atoms with Gasteiger partial charge in [-0.3, -0.25) is 14.2 Å². The van der Waals surface area contributed by atoms with Crippen LogP contribution in [0.3, 0.4) is 0 Å². The van der Waals surface area contributed by atoms with Gasteiger partial charge in [0.15, 0.2) is 4.80 Å². The third-order valence-electron chi connectivity index (χ3n) is 6.49. The second-order valence-corrected chi connectivity index (χ2v) is 10.2. The van der Waals surface area contributed by atoms with Crippen molar-refractivity contribution in [2.45, 2.75) is 13.0 Å². The average molecular weight is 560 g/mol. The van der Waals surface area contributed by atoms with E-state index in [-0.39, 0.29) is 27.1 Å². The van der Waals surface area contributed by atoms with E-state index < -0.39 is 29.3 Å². The fourth-order valence-electron chi connectivity index (χ4n) is 4.82. The molecule has 0 spiro atoms. The number of aromatic nitrogens is 1. The molecule has 0 unspecified atom stereocenters. The fourth-order valence-corrected chi connectivity index (χ4v) is 6.08. The molecular formula is C29H19ClFN3O4S. The summed E-state index contributed by atoms with van der Waals surface area (Å²) in [5, 5.41) is 3.19. The van der Waals surface area contributed by atoms with Crippen molar-refractivity contribution in [3.05, 3.63) is 126 Å². The summed E-state index contributed by atoms with van der Waals surface area (Å²) < 4.78 is 20.9. The number of benzene rings is 3. The summed E-state index contributed by atoms with van der Waals surface area (Å²) in [6.07, 6.45) is 0. The van der Waals surface area contributed by atoms with Crippen LogP contribution >= 0.6 is 22.9 Å². The van der Waals surface area contributed by atoms with Crippen LogP contribution in [0.4, 0.5) is 10.1 Å². The van der Waals surface area contributed by atoms with Crippen LogP contribution in [0.25, 0.3) is 11.3 Å². The molecule has 0 bridgehead atoms. The zero-order chi connectivity index (χ0) is 27.3. The molecule has 194 valence electrons. The van der Waals surface area contributed by atoms with Crippen LogP contribution in [0, 0.1) is 5.82 Å². The van der Waals surface area contributed by atoms with E-state index in [0.29, 0.717) is 33.1 Å². The zero-order valence-corrected chi connectivity index (χ0v) is 22.0. The molecule has 1 N–H and O–H groups in total. The molecule has 2 aliphatic rings. The maximum absolute atomic E-state index is 14.1. The van der Waals surface area contributed by atoms with E-state index in [0.717, 1.165) is 11.3 Å². The van der Waals surface area contributed by atoms with Crippen molar-refractivity contribution >= 4 is 51.8 Å². The van der Waals surface area contributed by atoms with Gasteiger partial charge < -0.3 is 10.1 Å². The molecule has 0 saturated heterocycles. The zero-order valence-electron chi connectivity index (χ0n) is 20.4. The number of carbonyl (C=O) groups is 2. The van der Waals surface area contributed by atoms with Gasteiger partial charge in [-0.25, -0.2) is 14.2 Å². The Labute approximate surface area is 230 Å². The lowest BCUT2D eigenvalue weighted by Gasteiger charge is -2.25. The van der Waals surface area contributed by atoms with Crippen molar-refractivity contribution in [1.29, 1.82) is 0 Å². The second-order valence-electron chi connectivity index (χ2n) is 8.82. The summed E-state index contributed by atoms with van der Waals surface area (Å²) >= 11 is 7.25. The number of thiazole rings is 1. The number of fused-ring (bicyclic) bond motifs is 2. The van der Waals surface area contributed by atoms with Gasteiger partial charge in [0.1, 0.15) is 10.3 Å². The largest absolute Gasteiger partial charge is 0.463 e. The topological polar surface area (TPSA) is 89.8 Å². The van der Waals surface area contributed by atoms with Crippen molar-refractivity contribution in [3.8, 4) is 0 Å². The number of esters is 1. The summed E-state index contributed by atoms with van der Waals surface area (Å²) in [7, 11) is 0. The molecule has 1 amide bonds. The maximum atomic E-state index is 14.1. The van der Waals surface area contributed by atoms with Gasteiger partial charge in [0.05, 0.1) is 29.5 Å². The first-order valence-corrected chi connectivity index (χ1v) is 13.2. The summed E-state index contributed by atoms with van der Waals surface area (Å²) in [6.45, 7) is 1.79. The highest BCUT2D eigenvalue weighted by Gasteiger charge is 2.36. The molecule has 1 aromatic heterocycles. The van der Waals surface area contributed by atoms with Crippen LogP contribution in [0.15, 0.2) is 88.2 Å². The van der Waals surface area contributed by atoms with Gasteiger partial charge in [0.2, 0.25) is 0 Å². The Morgan fingerprint density at radius 2 is 1.85 bits per heavy atom. The minimum atomic E-state index is -0.978. The molecular weight excluding hydrogens is 541 g/mol. The van der Waals surface area contributed by atoms with Gasteiger partial charge in [-0.2, -0.15) is 0 Å². The quantitative estimate of drug-likeness (QED) is 0.382. The maximum Gasteiger partial charge on any atom is 0.338 e. The minimum Gasteiger partial charge on any atom is -0.463 e. The van der Waals surface area contributed by atoms with E-state index in [2.05, 4.69) is 5.32 Å². The molecule has 10 heteroatoms. The Balaban J connectivity index is 1.72. The van der Waals surface area contributed by atoms with Crippen molar-refractivity contribution in [3.63, 3.8) is 0 Å². The van der Waals surface area contributed by atoms with Crippen molar-refractivity contribution in [2.75, 3.05) is 11.9 Å². The predicted octanol–water partition coefficient (Wildman–Crippen LogP) is 4.05. The number of nitrogens with one attached hydrogen (secondary N) is 1. The number of nitrogens with zero attached hydrogens (tertiary/aromatic N) is 2. The van der Waals surface area contributed by atoms with Gasteiger partial charge in [-0.1, -0.05) is 65.4 Å². The second kappa shape index (κ2) is 9.76. The van der Waals surface area contributed by atoms with Crippen LogP contribution in [0.2, 0.25) is 5.02 Å². The van der Waals surface area contributed by atoms with E-state index in [9.17, 15) is 18.8 Å². The highest BCUT2D eigenvalue weighted by molar-refractivity contribution is 7.07. The van der Waals surface area contributed by atoms with E-state index in [1.165, 1.54) is 28.8 Å². The van der Waals surface area contributed by atoms with Gasteiger partial charge in [-0.15, -0.1) is 0 Å². The molecule has 0 fully saturated rings. The van der Waals surface area contributed by atoms with Gasteiger partial charge in [0.25, 0.3) is 11.5 Å². The molecule has 7 nitrogen and oxygen atoms in total. The lowest BCUT2D eigenvalue weighted by molar-refractivity contribution is -0.138. The van der Waals surface area contributed by atoms with Crippen molar-refractivity contribution in [2.24, 2.45) is 4.99 Å². The number of amides is 1. The highest BCUT2D eigenvalue weighted by Crippen LogP contribution is 2.36. The molecule has 6 rings (SSSR count). The smallest absolute Gasteiger partial charge is 0.338 e. The molecule has 3 aromatic carbocycles. The third kappa shape index (κ3) is 4.20. The molecule has 1 atom stereocenters. The molecule has 2 aliphatic heterocycles.